The quantitative estimate of drug-likeness (QED) is 0.638. The zero-order valence-corrected chi connectivity index (χ0v) is 17.6. The van der Waals surface area contributed by atoms with Crippen molar-refractivity contribution in [2.75, 3.05) is 18.4 Å². The first-order chi connectivity index (χ1) is 13.1. The van der Waals surface area contributed by atoms with E-state index in [0.29, 0.717) is 18.2 Å². The molecular weight excluding hydrogens is 396 g/mol. The fourth-order valence-corrected chi connectivity index (χ4v) is 4.27. The van der Waals surface area contributed by atoms with Crippen molar-refractivity contribution in [1.29, 1.82) is 0 Å². The Morgan fingerprint density at radius 2 is 2.00 bits per heavy atom. The van der Waals surface area contributed by atoms with E-state index in [4.69, 9.17) is 5.73 Å². The Labute approximate surface area is 175 Å². The van der Waals surface area contributed by atoms with Crippen LogP contribution in [0, 0.1) is 11.8 Å². The van der Waals surface area contributed by atoms with Gasteiger partial charge in [0, 0.05) is 30.3 Å². The summed E-state index contributed by atoms with van der Waals surface area (Å²) in [6.45, 7) is 2.71. The highest BCUT2D eigenvalue weighted by Gasteiger charge is 2.32. The summed E-state index contributed by atoms with van der Waals surface area (Å²) in [7, 11) is 0. The highest BCUT2D eigenvalue weighted by Crippen LogP contribution is 2.32. The van der Waals surface area contributed by atoms with Gasteiger partial charge >= 0.3 is 0 Å². The zero-order chi connectivity index (χ0) is 19.2. The van der Waals surface area contributed by atoms with Gasteiger partial charge in [0.15, 0.2) is 5.13 Å². The molecule has 28 heavy (non-hydrogen) atoms. The zero-order valence-electron chi connectivity index (χ0n) is 15.9. The molecule has 8 heteroatoms. The maximum Gasteiger partial charge on any atom is 0.229 e. The van der Waals surface area contributed by atoms with Crippen molar-refractivity contribution in [2.24, 2.45) is 17.6 Å². The second-order valence-electron chi connectivity index (χ2n) is 6.99. The molecule has 2 amide bonds. The number of amides is 2. The van der Waals surface area contributed by atoms with Gasteiger partial charge in [-0.3, -0.25) is 9.59 Å². The van der Waals surface area contributed by atoms with Gasteiger partial charge < -0.3 is 16.4 Å². The Bertz CT molecular complexity index is 794. The molecule has 0 radical (unpaired) electrons. The highest BCUT2D eigenvalue weighted by atomic mass is 35.5. The van der Waals surface area contributed by atoms with Crippen molar-refractivity contribution in [1.82, 2.24) is 10.3 Å². The summed E-state index contributed by atoms with van der Waals surface area (Å²) in [5.74, 6) is 0.316. The molecule has 2 atom stereocenters. The lowest BCUT2D eigenvalue weighted by Crippen LogP contribution is -2.29. The molecule has 1 aliphatic carbocycles. The van der Waals surface area contributed by atoms with Gasteiger partial charge in [0.25, 0.3) is 0 Å². The van der Waals surface area contributed by atoms with Crippen molar-refractivity contribution in [3.8, 4) is 11.3 Å². The molecule has 1 fully saturated rings. The average Bonchev–Trinajstić information content (AvgIpc) is 3.31. The topological polar surface area (TPSA) is 97.1 Å². The third kappa shape index (κ3) is 5.77. The number of hydrogen-bond acceptors (Lipinski definition) is 5. The van der Waals surface area contributed by atoms with E-state index in [2.05, 4.69) is 15.6 Å². The summed E-state index contributed by atoms with van der Waals surface area (Å²) in [6.07, 6.45) is 3.80. The minimum atomic E-state index is -0.0148. The number of carbonyl (C=O) groups excluding carboxylic acids is 2. The Balaban J connectivity index is 0.00000280. The first-order valence-electron chi connectivity index (χ1n) is 9.37. The maximum absolute atomic E-state index is 12.5. The van der Waals surface area contributed by atoms with Crippen LogP contribution >= 0.6 is 23.7 Å². The number of hydrogen-bond donors (Lipinski definition) is 3. The molecule has 4 N–H and O–H groups in total. The number of anilines is 1. The van der Waals surface area contributed by atoms with Crippen LogP contribution in [0.25, 0.3) is 11.3 Å². The van der Waals surface area contributed by atoms with Crippen molar-refractivity contribution in [2.45, 2.75) is 32.6 Å². The van der Waals surface area contributed by atoms with Crippen LogP contribution in [0.3, 0.4) is 0 Å². The molecule has 1 saturated carbocycles. The van der Waals surface area contributed by atoms with Crippen LogP contribution in [0.2, 0.25) is 0 Å². The molecule has 2 aromatic rings. The summed E-state index contributed by atoms with van der Waals surface area (Å²) in [4.78, 5) is 28.0. The minimum absolute atomic E-state index is 0. The van der Waals surface area contributed by atoms with Crippen LogP contribution in [0.1, 0.15) is 31.7 Å². The molecule has 0 spiro atoms. The lowest BCUT2D eigenvalue weighted by atomic mass is 9.95. The van der Waals surface area contributed by atoms with Crippen LogP contribution in [0.4, 0.5) is 5.13 Å². The lowest BCUT2D eigenvalue weighted by molar-refractivity contribution is -0.121. The summed E-state index contributed by atoms with van der Waals surface area (Å²) in [5, 5.41) is 8.34. The molecule has 1 aromatic heterocycles. The Kier molecular flexibility index (Phi) is 8.41. The normalized spacial score (nSPS) is 18.4. The van der Waals surface area contributed by atoms with Crippen LogP contribution in [-0.2, 0) is 16.0 Å². The highest BCUT2D eigenvalue weighted by molar-refractivity contribution is 7.14. The SMILES string of the molecule is CC(=O)NCCc1ccc(-c2csc(NC(=O)[C@@H]3CCC[C@@H]3CN)n2)cc1.Cl. The number of benzene rings is 1. The number of nitrogens with two attached hydrogens (primary N) is 1. The third-order valence-corrected chi connectivity index (χ3v) is 5.83. The number of nitrogens with one attached hydrogen (secondary N) is 2. The first-order valence-corrected chi connectivity index (χ1v) is 10.2. The van der Waals surface area contributed by atoms with E-state index < -0.39 is 0 Å². The number of nitrogens with zero attached hydrogens (tertiary/aromatic N) is 1. The van der Waals surface area contributed by atoms with Crippen molar-refractivity contribution in [3.63, 3.8) is 0 Å². The first kappa shape index (κ1) is 22.3. The molecule has 0 aliphatic heterocycles. The van der Waals surface area contributed by atoms with Crippen molar-refractivity contribution >= 4 is 40.7 Å². The predicted molar refractivity (Wildman–Crippen MR) is 116 cm³/mol. The van der Waals surface area contributed by atoms with Gasteiger partial charge in [-0.05, 0) is 37.3 Å². The predicted octanol–water partition coefficient (Wildman–Crippen LogP) is 3.22. The van der Waals surface area contributed by atoms with Gasteiger partial charge in [-0.2, -0.15) is 0 Å². The van der Waals surface area contributed by atoms with Gasteiger partial charge in [0.2, 0.25) is 11.8 Å². The molecule has 152 valence electrons. The van der Waals surface area contributed by atoms with Crippen LogP contribution < -0.4 is 16.4 Å². The van der Waals surface area contributed by atoms with Gasteiger partial charge in [0.1, 0.15) is 0 Å². The minimum Gasteiger partial charge on any atom is -0.356 e. The largest absolute Gasteiger partial charge is 0.356 e. The molecule has 1 aliphatic rings. The molecule has 6 nitrogen and oxygen atoms in total. The number of thiazole rings is 1. The monoisotopic (exact) mass is 422 g/mol. The van der Waals surface area contributed by atoms with Crippen LogP contribution in [0.5, 0.6) is 0 Å². The summed E-state index contributed by atoms with van der Waals surface area (Å²) in [5.41, 5.74) is 8.80. The fourth-order valence-electron chi connectivity index (χ4n) is 3.55. The maximum atomic E-state index is 12.5. The molecule has 3 rings (SSSR count). The molecule has 0 bridgehead atoms. The number of rotatable bonds is 7. The molecule has 1 heterocycles. The van der Waals surface area contributed by atoms with Gasteiger partial charge in [0.05, 0.1) is 5.69 Å². The smallest absolute Gasteiger partial charge is 0.229 e. The van der Waals surface area contributed by atoms with Gasteiger partial charge in [-0.25, -0.2) is 4.98 Å². The van der Waals surface area contributed by atoms with E-state index >= 15 is 0 Å². The second-order valence-corrected chi connectivity index (χ2v) is 7.85. The Hall–Kier alpha value is -1.96. The fraction of sp³-hybridized carbons (Fsp3) is 0.450. The molecular formula is C20H27ClN4O2S. The Morgan fingerprint density at radius 1 is 1.25 bits per heavy atom. The average molecular weight is 423 g/mol. The Morgan fingerprint density at radius 3 is 2.68 bits per heavy atom. The van der Waals surface area contributed by atoms with E-state index in [1.807, 2.05) is 29.6 Å². The molecule has 1 aromatic carbocycles. The number of aromatic nitrogens is 1. The summed E-state index contributed by atoms with van der Waals surface area (Å²) in [6, 6.07) is 8.12. The summed E-state index contributed by atoms with van der Waals surface area (Å²) >= 11 is 1.44. The standard InChI is InChI=1S/C20H26N4O2S.ClH/c1-13(25)22-10-9-14-5-7-15(8-6-14)18-12-27-20(23-18)24-19(26)17-4-2-3-16(17)11-21;/h5-8,12,16-17H,2-4,9-11,21H2,1H3,(H,22,25)(H,23,24,26);1H/t16-,17-;/m1./s1. The van der Waals surface area contributed by atoms with E-state index in [0.717, 1.165) is 42.5 Å². The van der Waals surface area contributed by atoms with Crippen molar-refractivity contribution in [3.05, 3.63) is 35.2 Å². The van der Waals surface area contributed by atoms with Crippen LogP contribution in [0.15, 0.2) is 29.6 Å². The number of carbonyl (C=O) groups is 2. The summed E-state index contributed by atoms with van der Waals surface area (Å²) < 4.78 is 0. The van der Waals surface area contributed by atoms with Gasteiger partial charge in [-0.1, -0.05) is 30.7 Å². The number of halogens is 1. The third-order valence-electron chi connectivity index (χ3n) is 5.07. The van der Waals surface area contributed by atoms with E-state index in [1.165, 1.54) is 18.3 Å². The van der Waals surface area contributed by atoms with Crippen molar-refractivity contribution < 1.29 is 9.59 Å². The van der Waals surface area contributed by atoms with E-state index in [1.54, 1.807) is 0 Å². The van der Waals surface area contributed by atoms with Crippen LogP contribution in [-0.4, -0.2) is 29.9 Å². The lowest BCUT2D eigenvalue weighted by Gasteiger charge is -2.16. The molecule has 0 unspecified atom stereocenters. The van der Waals surface area contributed by atoms with Gasteiger partial charge in [-0.15, -0.1) is 23.7 Å². The van der Waals surface area contributed by atoms with E-state index in [-0.39, 0.29) is 36.1 Å². The van der Waals surface area contributed by atoms with E-state index in [9.17, 15) is 9.59 Å². The second kappa shape index (κ2) is 10.5. The molecule has 0 saturated heterocycles.